The zero-order valence-corrected chi connectivity index (χ0v) is 23.6. The lowest BCUT2D eigenvalue weighted by Crippen LogP contribution is -2.45. The van der Waals surface area contributed by atoms with Crippen LogP contribution in [0.25, 0.3) is 0 Å². The Balaban J connectivity index is 0.000000282. The van der Waals surface area contributed by atoms with Crippen molar-refractivity contribution in [1.29, 1.82) is 0 Å². The van der Waals surface area contributed by atoms with Gasteiger partial charge < -0.3 is 25.4 Å². The molecule has 0 fully saturated rings. The number of benzene rings is 3. The second-order valence-electron chi connectivity index (χ2n) is 9.82. The number of rotatable bonds is 8. The molecule has 1 heterocycles. The molecule has 0 saturated carbocycles. The fourth-order valence-electron chi connectivity index (χ4n) is 3.89. The highest BCUT2D eigenvalue weighted by atomic mass is 16.6. The van der Waals surface area contributed by atoms with E-state index in [9.17, 15) is 34.2 Å². The molecule has 1 aliphatic rings. The van der Waals surface area contributed by atoms with Gasteiger partial charge in [0.15, 0.2) is 0 Å². The fraction of sp³-hybridized carbons (Fsp3) is 0.226. The summed E-state index contributed by atoms with van der Waals surface area (Å²) in [4.78, 5) is 58.4. The van der Waals surface area contributed by atoms with Crippen molar-refractivity contribution >= 4 is 41.2 Å². The first-order valence-electron chi connectivity index (χ1n) is 13.1. The molecule has 0 aromatic heterocycles. The molecule has 3 aromatic carbocycles. The number of carbonyl (C=O) groups excluding carboxylic acids is 3. The molecule has 0 spiro atoms. The summed E-state index contributed by atoms with van der Waals surface area (Å²) in [5, 5.41) is 22.7. The Labute approximate surface area is 247 Å². The van der Waals surface area contributed by atoms with Gasteiger partial charge in [0.25, 0.3) is 0 Å². The summed E-state index contributed by atoms with van der Waals surface area (Å²) in [7, 11) is 0. The highest BCUT2D eigenvalue weighted by Gasteiger charge is 2.41. The van der Waals surface area contributed by atoms with Gasteiger partial charge in [-0.05, 0) is 55.8 Å². The number of aliphatic carboxylic acids is 2. The predicted molar refractivity (Wildman–Crippen MR) is 155 cm³/mol. The van der Waals surface area contributed by atoms with E-state index in [2.05, 4.69) is 10.5 Å². The number of hydrogen-bond acceptors (Lipinski definition) is 9. The molecule has 5 N–H and O–H groups in total. The number of ether oxygens (including phenoxy) is 2. The van der Waals surface area contributed by atoms with E-state index in [4.69, 9.17) is 15.2 Å². The first-order valence-corrected chi connectivity index (χ1v) is 13.1. The molecule has 224 valence electrons. The van der Waals surface area contributed by atoms with E-state index < -0.39 is 36.1 Å². The molecule has 0 saturated heterocycles. The SMILES string of the molecule is C[C@@H]1CC(=O)NN=C1c1ccc(N)cc1.Cc1ccc(C(=O)O[C@@H](C(=O)O)[C@@H](OC(=O)c2ccc(C)cc2)C(=O)O)cc1. The number of hydrogen-bond donors (Lipinski definition) is 4. The topological polar surface area (TPSA) is 195 Å². The quantitative estimate of drug-likeness (QED) is 0.223. The predicted octanol–water partition coefficient (Wildman–Crippen LogP) is 3.35. The van der Waals surface area contributed by atoms with Crippen molar-refractivity contribution in [2.75, 3.05) is 5.73 Å². The average Bonchev–Trinajstić information content (AvgIpc) is 2.96. The number of nitrogen functional groups attached to an aromatic ring is 1. The zero-order chi connectivity index (χ0) is 31.7. The lowest BCUT2D eigenvalue weighted by molar-refractivity contribution is -0.166. The van der Waals surface area contributed by atoms with E-state index in [-0.39, 0.29) is 23.0 Å². The number of amides is 1. The summed E-state index contributed by atoms with van der Waals surface area (Å²) in [6, 6.07) is 19.6. The Morgan fingerprint density at radius 1 is 0.791 bits per heavy atom. The van der Waals surface area contributed by atoms with Crippen LogP contribution in [0.3, 0.4) is 0 Å². The smallest absolute Gasteiger partial charge is 0.349 e. The van der Waals surface area contributed by atoms with Gasteiger partial charge in [0, 0.05) is 18.0 Å². The van der Waals surface area contributed by atoms with Gasteiger partial charge >= 0.3 is 23.9 Å². The van der Waals surface area contributed by atoms with Crippen LogP contribution in [0.15, 0.2) is 77.9 Å². The van der Waals surface area contributed by atoms with Crippen LogP contribution in [0.4, 0.5) is 5.69 Å². The Kier molecular flexibility index (Phi) is 10.7. The third kappa shape index (κ3) is 8.98. The third-order valence-electron chi connectivity index (χ3n) is 6.27. The number of carbonyl (C=O) groups is 5. The second-order valence-corrected chi connectivity index (χ2v) is 9.82. The Hall–Kier alpha value is -5.52. The van der Waals surface area contributed by atoms with Crippen LogP contribution < -0.4 is 11.2 Å². The molecule has 0 bridgehead atoms. The summed E-state index contributed by atoms with van der Waals surface area (Å²) in [6.07, 6.45) is -3.95. The van der Waals surface area contributed by atoms with Crippen molar-refractivity contribution in [1.82, 2.24) is 5.43 Å². The monoisotopic (exact) mass is 589 g/mol. The zero-order valence-electron chi connectivity index (χ0n) is 23.6. The average molecular weight is 590 g/mol. The van der Waals surface area contributed by atoms with E-state index >= 15 is 0 Å². The molecule has 3 atom stereocenters. The van der Waals surface area contributed by atoms with Crippen LogP contribution >= 0.6 is 0 Å². The first kappa shape index (κ1) is 32.0. The highest BCUT2D eigenvalue weighted by Crippen LogP contribution is 2.18. The molecule has 1 amide bonds. The van der Waals surface area contributed by atoms with Crippen molar-refractivity contribution in [2.45, 2.75) is 39.4 Å². The van der Waals surface area contributed by atoms with Gasteiger partial charge in [-0.2, -0.15) is 5.10 Å². The number of carboxylic acids is 2. The molecule has 1 aliphatic heterocycles. The van der Waals surface area contributed by atoms with Crippen molar-refractivity contribution in [3.8, 4) is 0 Å². The van der Waals surface area contributed by atoms with Gasteiger partial charge in [-0.1, -0.05) is 54.4 Å². The maximum absolute atomic E-state index is 12.2. The largest absolute Gasteiger partial charge is 0.478 e. The lowest BCUT2D eigenvalue weighted by atomic mass is 9.94. The van der Waals surface area contributed by atoms with E-state index in [0.717, 1.165) is 28.1 Å². The maximum Gasteiger partial charge on any atom is 0.349 e. The number of hydrazone groups is 1. The number of nitrogens with one attached hydrogen (secondary N) is 1. The summed E-state index contributed by atoms with van der Waals surface area (Å²) in [5.74, 6) is -5.49. The summed E-state index contributed by atoms with van der Waals surface area (Å²) in [6.45, 7) is 5.58. The molecule has 12 nitrogen and oxygen atoms in total. The van der Waals surface area contributed by atoms with Crippen LogP contribution in [0.5, 0.6) is 0 Å². The van der Waals surface area contributed by atoms with Gasteiger partial charge in [-0.25, -0.2) is 24.6 Å². The number of carboxylic acid groups (broad SMARTS) is 2. The van der Waals surface area contributed by atoms with Gasteiger partial charge in [0.1, 0.15) is 0 Å². The number of nitrogens with zero attached hydrogens (tertiary/aromatic N) is 1. The molecular weight excluding hydrogens is 558 g/mol. The van der Waals surface area contributed by atoms with Gasteiger partial charge in [0.2, 0.25) is 18.1 Å². The van der Waals surface area contributed by atoms with Crippen LogP contribution in [-0.2, 0) is 23.9 Å². The first-order chi connectivity index (χ1) is 20.3. The standard InChI is InChI=1S/C20H18O8.C11H13N3O/c1-11-3-7-13(8-4-11)19(25)27-15(17(21)22)16(18(23)24)28-20(26)14-9-5-12(2)6-10-14;1-7-6-10(15)13-14-11(7)8-2-4-9(12)5-3-8/h3-10,15-16H,1-2H3,(H,21,22)(H,23,24);2-5,7H,6,12H2,1H3,(H,13,15)/t15-,16-;7-/m11/s1. The van der Waals surface area contributed by atoms with Crippen LogP contribution in [-0.4, -0.2) is 57.9 Å². The highest BCUT2D eigenvalue weighted by molar-refractivity contribution is 6.05. The Morgan fingerprint density at radius 2 is 1.21 bits per heavy atom. The number of aryl methyl sites for hydroxylation is 2. The van der Waals surface area contributed by atoms with Crippen LogP contribution in [0.1, 0.15) is 50.8 Å². The summed E-state index contributed by atoms with van der Waals surface area (Å²) < 4.78 is 9.64. The fourth-order valence-corrected chi connectivity index (χ4v) is 3.89. The van der Waals surface area contributed by atoms with Crippen LogP contribution in [0, 0.1) is 19.8 Å². The molecule has 0 aliphatic carbocycles. The molecule has 12 heteroatoms. The van der Waals surface area contributed by atoms with Crippen LogP contribution in [0.2, 0.25) is 0 Å². The molecule has 43 heavy (non-hydrogen) atoms. The second kappa shape index (κ2) is 14.4. The van der Waals surface area contributed by atoms with Crippen molar-refractivity contribution in [3.05, 3.63) is 101 Å². The Bertz CT molecular complexity index is 1440. The minimum atomic E-state index is -2.22. The van der Waals surface area contributed by atoms with Gasteiger partial charge in [-0.15, -0.1) is 0 Å². The minimum absolute atomic E-state index is 0.0262. The summed E-state index contributed by atoms with van der Waals surface area (Å²) >= 11 is 0. The van der Waals surface area contributed by atoms with Crippen molar-refractivity contribution in [2.24, 2.45) is 11.0 Å². The van der Waals surface area contributed by atoms with E-state index in [1.54, 1.807) is 38.1 Å². The third-order valence-corrected chi connectivity index (χ3v) is 6.27. The van der Waals surface area contributed by atoms with Gasteiger partial charge in [-0.3, -0.25) is 4.79 Å². The van der Waals surface area contributed by atoms with E-state index in [1.165, 1.54) is 24.3 Å². The normalized spacial score (nSPS) is 15.4. The molecule has 0 unspecified atom stereocenters. The van der Waals surface area contributed by atoms with E-state index in [1.807, 2.05) is 31.2 Å². The van der Waals surface area contributed by atoms with Crippen molar-refractivity contribution < 1.29 is 43.7 Å². The summed E-state index contributed by atoms with van der Waals surface area (Å²) in [5.41, 5.74) is 12.5. The number of anilines is 1. The van der Waals surface area contributed by atoms with Crippen molar-refractivity contribution in [3.63, 3.8) is 0 Å². The van der Waals surface area contributed by atoms with Gasteiger partial charge in [0.05, 0.1) is 16.8 Å². The molecule has 0 radical (unpaired) electrons. The maximum atomic E-state index is 12.2. The molecular formula is C31H31N3O9. The number of esters is 2. The molecule has 4 rings (SSSR count). The lowest BCUT2D eigenvalue weighted by Gasteiger charge is -2.21. The number of nitrogens with two attached hydrogens (primary N) is 1. The minimum Gasteiger partial charge on any atom is -0.478 e. The van der Waals surface area contributed by atoms with E-state index in [0.29, 0.717) is 6.42 Å². The Morgan fingerprint density at radius 3 is 1.58 bits per heavy atom. The molecule has 3 aromatic rings.